The van der Waals surface area contributed by atoms with Crippen LogP contribution in [-0.2, 0) is 11.3 Å². The lowest BCUT2D eigenvalue weighted by atomic mass is 10.2. The number of rotatable bonds is 9. The molecule has 0 radical (unpaired) electrons. The molecule has 2 aromatic heterocycles. The second-order valence-corrected chi connectivity index (χ2v) is 10.4. The molecular weight excluding hydrogens is 492 g/mol. The highest BCUT2D eigenvalue weighted by Crippen LogP contribution is 2.34. The maximum Gasteiger partial charge on any atom is 0.267 e. The Morgan fingerprint density at radius 3 is 2.42 bits per heavy atom. The number of anilines is 1. The van der Waals surface area contributed by atoms with Crippen LogP contribution in [0.3, 0.4) is 0 Å². The van der Waals surface area contributed by atoms with Crippen LogP contribution in [0.4, 0.5) is 5.82 Å². The minimum atomic E-state index is -0.210. The Hall–Kier alpha value is -3.17. The number of carbonyl (C=O) groups excluding carboxylic acids is 1. The van der Waals surface area contributed by atoms with E-state index in [0.717, 1.165) is 42.8 Å². The molecule has 1 aromatic carbocycles. The standard InChI is InChI=1S/C27H30N4O3S2/c1-5-13-29(14-6-2)24-21(25(32)30-16-18(3)7-12-23(30)28-24)15-22-26(33)31(27(35)36-22)17-19-8-10-20(34-4)11-9-19/h7-12,15-16H,5-6,13-14,17H2,1-4H3/b22-15-. The first-order chi connectivity index (χ1) is 17.4. The number of carbonyl (C=O) groups is 1. The maximum absolute atomic E-state index is 13.7. The average Bonchev–Trinajstić information content (AvgIpc) is 3.13. The normalized spacial score (nSPS) is 14.8. The summed E-state index contributed by atoms with van der Waals surface area (Å²) >= 11 is 6.76. The molecule has 0 saturated carbocycles. The molecule has 0 spiro atoms. The number of ether oxygens (including phenoxy) is 1. The van der Waals surface area contributed by atoms with E-state index in [4.69, 9.17) is 21.9 Å². The van der Waals surface area contributed by atoms with Gasteiger partial charge in [0.05, 0.1) is 24.1 Å². The molecule has 4 rings (SSSR count). The highest BCUT2D eigenvalue weighted by Gasteiger charge is 2.33. The minimum absolute atomic E-state index is 0.198. The predicted molar refractivity (Wildman–Crippen MR) is 151 cm³/mol. The van der Waals surface area contributed by atoms with Gasteiger partial charge in [-0.2, -0.15) is 0 Å². The van der Waals surface area contributed by atoms with Crippen molar-refractivity contribution in [2.24, 2.45) is 0 Å². The fourth-order valence-electron chi connectivity index (χ4n) is 4.16. The molecule has 36 heavy (non-hydrogen) atoms. The average molecular weight is 523 g/mol. The summed E-state index contributed by atoms with van der Waals surface area (Å²) in [4.78, 5) is 36.1. The molecule has 1 saturated heterocycles. The summed E-state index contributed by atoms with van der Waals surface area (Å²) in [6.07, 6.45) is 5.28. The number of nitrogens with zero attached hydrogens (tertiary/aromatic N) is 4. The molecule has 0 atom stereocenters. The lowest BCUT2D eigenvalue weighted by Gasteiger charge is -2.24. The number of benzene rings is 1. The second-order valence-electron chi connectivity index (χ2n) is 8.69. The maximum atomic E-state index is 13.7. The first-order valence-electron chi connectivity index (χ1n) is 12.0. The van der Waals surface area contributed by atoms with Crippen LogP contribution in [0, 0.1) is 6.92 Å². The molecule has 188 valence electrons. The number of hydrogen-bond donors (Lipinski definition) is 0. The molecule has 0 unspecified atom stereocenters. The molecule has 1 aliphatic rings. The summed E-state index contributed by atoms with van der Waals surface area (Å²) in [5, 5.41) is 0. The highest BCUT2D eigenvalue weighted by molar-refractivity contribution is 8.26. The molecule has 7 nitrogen and oxygen atoms in total. The topological polar surface area (TPSA) is 67.2 Å². The smallest absolute Gasteiger partial charge is 0.267 e. The Bertz CT molecular complexity index is 1380. The van der Waals surface area contributed by atoms with Gasteiger partial charge in [-0.15, -0.1) is 0 Å². The van der Waals surface area contributed by atoms with Crippen LogP contribution in [0.15, 0.2) is 52.3 Å². The van der Waals surface area contributed by atoms with Gasteiger partial charge in [-0.1, -0.05) is 56.0 Å². The lowest BCUT2D eigenvalue weighted by Crippen LogP contribution is -2.31. The molecule has 3 heterocycles. The van der Waals surface area contributed by atoms with Crippen LogP contribution in [0.25, 0.3) is 11.7 Å². The Balaban J connectivity index is 1.77. The van der Waals surface area contributed by atoms with Crippen molar-refractivity contribution < 1.29 is 9.53 Å². The van der Waals surface area contributed by atoms with Crippen molar-refractivity contribution in [3.05, 3.63) is 74.5 Å². The summed E-state index contributed by atoms with van der Waals surface area (Å²) in [6, 6.07) is 11.3. The third kappa shape index (κ3) is 5.32. The Morgan fingerprint density at radius 2 is 1.78 bits per heavy atom. The quantitative estimate of drug-likeness (QED) is 0.288. The third-order valence-electron chi connectivity index (χ3n) is 5.92. The van der Waals surface area contributed by atoms with Crippen molar-refractivity contribution >= 4 is 51.7 Å². The van der Waals surface area contributed by atoms with Crippen LogP contribution in [0.1, 0.15) is 43.4 Å². The van der Waals surface area contributed by atoms with Crippen LogP contribution in [-0.4, -0.2) is 44.7 Å². The number of aromatic nitrogens is 2. The minimum Gasteiger partial charge on any atom is -0.497 e. The van der Waals surface area contributed by atoms with Gasteiger partial charge in [0.2, 0.25) is 0 Å². The molecule has 3 aromatic rings. The van der Waals surface area contributed by atoms with Crippen molar-refractivity contribution in [3.63, 3.8) is 0 Å². The van der Waals surface area contributed by atoms with E-state index in [1.54, 1.807) is 28.7 Å². The molecular formula is C27H30N4O3S2. The second kappa shape index (κ2) is 11.3. The van der Waals surface area contributed by atoms with Gasteiger partial charge >= 0.3 is 0 Å². The van der Waals surface area contributed by atoms with Crippen molar-refractivity contribution in [3.8, 4) is 5.75 Å². The van der Waals surface area contributed by atoms with E-state index < -0.39 is 0 Å². The molecule has 0 aliphatic carbocycles. The molecule has 1 aliphatic heterocycles. The van der Waals surface area contributed by atoms with Gasteiger partial charge in [-0.05, 0) is 55.2 Å². The first-order valence-corrected chi connectivity index (χ1v) is 13.2. The summed E-state index contributed by atoms with van der Waals surface area (Å²) in [6.45, 7) is 8.02. The number of thiocarbonyl (C=S) groups is 1. The first kappa shape index (κ1) is 25.9. The number of thioether (sulfide) groups is 1. The van der Waals surface area contributed by atoms with Crippen LogP contribution in [0.2, 0.25) is 0 Å². The van der Waals surface area contributed by atoms with E-state index in [1.165, 1.54) is 11.8 Å². The molecule has 0 N–H and O–H groups in total. The van der Waals surface area contributed by atoms with Gasteiger partial charge in [0.1, 0.15) is 21.5 Å². The van der Waals surface area contributed by atoms with E-state index in [-0.39, 0.29) is 11.5 Å². The fourth-order valence-corrected chi connectivity index (χ4v) is 5.40. The number of aryl methyl sites for hydroxylation is 1. The monoisotopic (exact) mass is 522 g/mol. The Morgan fingerprint density at radius 1 is 1.08 bits per heavy atom. The van der Waals surface area contributed by atoms with Gasteiger partial charge in [0.15, 0.2) is 0 Å². The zero-order chi connectivity index (χ0) is 25.8. The van der Waals surface area contributed by atoms with E-state index in [2.05, 4.69) is 18.7 Å². The summed E-state index contributed by atoms with van der Waals surface area (Å²) in [7, 11) is 1.61. The predicted octanol–water partition coefficient (Wildman–Crippen LogP) is 5.04. The van der Waals surface area contributed by atoms with E-state index >= 15 is 0 Å². The van der Waals surface area contributed by atoms with E-state index in [9.17, 15) is 9.59 Å². The molecule has 9 heteroatoms. The molecule has 1 amide bonds. The lowest BCUT2D eigenvalue weighted by molar-refractivity contribution is -0.122. The van der Waals surface area contributed by atoms with Crippen molar-refractivity contribution in [1.82, 2.24) is 14.3 Å². The Kier molecular flexibility index (Phi) is 8.11. The SMILES string of the molecule is CCCN(CCC)c1nc2ccc(C)cn2c(=O)c1/C=C1\SC(=S)N(Cc2ccc(OC)cc2)C1=O. The van der Waals surface area contributed by atoms with Gasteiger partial charge in [0, 0.05) is 19.3 Å². The van der Waals surface area contributed by atoms with Gasteiger partial charge in [-0.3, -0.25) is 18.9 Å². The van der Waals surface area contributed by atoms with Crippen molar-refractivity contribution in [2.75, 3.05) is 25.1 Å². The summed E-state index contributed by atoms with van der Waals surface area (Å²) in [5.74, 6) is 1.14. The van der Waals surface area contributed by atoms with E-state index in [0.29, 0.717) is 32.8 Å². The van der Waals surface area contributed by atoms with Crippen molar-refractivity contribution in [2.45, 2.75) is 40.2 Å². The van der Waals surface area contributed by atoms with Gasteiger partial charge < -0.3 is 9.64 Å². The molecule has 0 bridgehead atoms. The third-order valence-corrected chi connectivity index (χ3v) is 7.30. The van der Waals surface area contributed by atoms with Gasteiger partial charge in [-0.25, -0.2) is 4.98 Å². The number of pyridine rings is 1. The zero-order valence-electron chi connectivity index (χ0n) is 21.0. The number of methoxy groups -OCH3 is 1. The number of hydrogen-bond acceptors (Lipinski definition) is 7. The largest absolute Gasteiger partial charge is 0.497 e. The molecule has 1 fully saturated rings. The van der Waals surface area contributed by atoms with Crippen molar-refractivity contribution in [1.29, 1.82) is 0 Å². The van der Waals surface area contributed by atoms with Gasteiger partial charge in [0.25, 0.3) is 11.5 Å². The van der Waals surface area contributed by atoms with Crippen LogP contribution < -0.4 is 15.2 Å². The zero-order valence-corrected chi connectivity index (χ0v) is 22.6. The number of fused-ring (bicyclic) bond motifs is 1. The summed E-state index contributed by atoms with van der Waals surface area (Å²) < 4.78 is 7.24. The highest BCUT2D eigenvalue weighted by atomic mass is 32.2. The van der Waals surface area contributed by atoms with Crippen LogP contribution in [0.5, 0.6) is 5.75 Å². The fraction of sp³-hybridized carbons (Fsp3) is 0.333. The summed E-state index contributed by atoms with van der Waals surface area (Å²) in [5.41, 5.74) is 2.69. The number of amides is 1. The van der Waals surface area contributed by atoms with E-state index in [1.807, 2.05) is 43.3 Å². The Labute approximate surface area is 220 Å². The van der Waals surface area contributed by atoms with Crippen LogP contribution >= 0.6 is 24.0 Å².